The van der Waals surface area contributed by atoms with E-state index in [0.29, 0.717) is 10.6 Å². The maximum atomic E-state index is 12.3. The van der Waals surface area contributed by atoms with Gasteiger partial charge in [0.15, 0.2) is 5.41 Å². The predicted octanol–water partition coefficient (Wildman–Crippen LogP) is 3.03. The molecule has 1 fully saturated rings. The maximum absolute atomic E-state index is 12.3. The third kappa shape index (κ3) is 2.80. The van der Waals surface area contributed by atoms with E-state index in [0.717, 1.165) is 12.8 Å². The van der Waals surface area contributed by atoms with E-state index >= 15 is 0 Å². The SMILES string of the molecule is CCOC(=O)C(CC1CC1)(C(=O)O)c1ccc(Cl)cc1. The van der Waals surface area contributed by atoms with Gasteiger partial charge in [-0.3, -0.25) is 9.59 Å². The smallest absolute Gasteiger partial charge is 0.328 e. The van der Waals surface area contributed by atoms with Crippen LogP contribution in [0.25, 0.3) is 0 Å². The number of halogens is 1. The van der Waals surface area contributed by atoms with Crippen LogP contribution in [-0.4, -0.2) is 23.7 Å². The fourth-order valence-electron chi connectivity index (χ4n) is 2.36. The van der Waals surface area contributed by atoms with E-state index in [1.165, 1.54) is 0 Å². The van der Waals surface area contributed by atoms with E-state index in [-0.39, 0.29) is 18.9 Å². The van der Waals surface area contributed by atoms with Gasteiger partial charge in [0.05, 0.1) is 6.61 Å². The van der Waals surface area contributed by atoms with Gasteiger partial charge in [-0.25, -0.2) is 0 Å². The van der Waals surface area contributed by atoms with E-state index in [2.05, 4.69) is 0 Å². The van der Waals surface area contributed by atoms with E-state index < -0.39 is 17.4 Å². The predicted molar refractivity (Wildman–Crippen MR) is 74.7 cm³/mol. The summed E-state index contributed by atoms with van der Waals surface area (Å²) in [6.45, 7) is 1.83. The lowest BCUT2D eigenvalue weighted by Crippen LogP contribution is -2.45. The van der Waals surface area contributed by atoms with Crippen molar-refractivity contribution in [3.63, 3.8) is 0 Å². The number of hydrogen-bond acceptors (Lipinski definition) is 3. The number of carboxylic acids is 1. The molecule has 1 aromatic carbocycles. The standard InChI is InChI=1S/C15H17ClO4/c1-2-20-14(19)15(13(17)18,9-10-3-4-10)11-5-7-12(16)8-6-11/h5-8,10H,2-4,9H2,1H3,(H,17,18). The van der Waals surface area contributed by atoms with Crippen molar-refractivity contribution in [1.82, 2.24) is 0 Å². The Kier molecular flexibility index (Phi) is 4.33. The Balaban J connectivity index is 2.46. The molecule has 0 heterocycles. The van der Waals surface area contributed by atoms with Gasteiger partial charge < -0.3 is 9.84 Å². The Morgan fingerprint density at radius 1 is 1.35 bits per heavy atom. The summed E-state index contributed by atoms with van der Waals surface area (Å²) in [7, 11) is 0. The lowest BCUT2D eigenvalue weighted by molar-refractivity contribution is -0.162. The summed E-state index contributed by atoms with van der Waals surface area (Å²) in [5.41, 5.74) is -1.19. The molecule has 0 aliphatic heterocycles. The number of esters is 1. The summed E-state index contributed by atoms with van der Waals surface area (Å²) in [5.74, 6) is -1.59. The fraction of sp³-hybridized carbons (Fsp3) is 0.467. The highest BCUT2D eigenvalue weighted by Gasteiger charge is 2.52. The Labute approximate surface area is 122 Å². The van der Waals surface area contributed by atoms with Crippen molar-refractivity contribution in [2.45, 2.75) is 31.6 Å². The van der Waals surface area contributed by atoms with Crippen molar-refractivity contribution >= 4 is 23.5 Å². The number of carbonyl (C=O) groups excluding carboxylic acids is 1. The van der Waals surface area contributed by atoms with Crippen molar-refractivity contribution < 1.29 is 19.4 Å². The van der Waals surface area contributed by atoms with Crippen LogP contribution in [0.3, 0.4) is 0 Å². The molecular weight excluding hydrogens is 280 g/mol. The topological polar surface area (TPSA) is 63.6 Å². The van der Waals surface area contributed by atoms with Crippen LogP contribution in [0.15, 0.2) is 24.3 Å². The highest BCUT2D eigenvalue weighted by Crippen LogP contribution is 2.43. The van der Waals surface area contributed by atoms with Crippen LogP contribution < -0.4 is 0 Å². The minimum absolute atomic E-state index is 0.159. The summed E-state index contributed by atoms with van der Waals surface area (Å²) >= 11 is 5.84. The zero-order valence-electron chi connectivity index (χ0n) is 11.3. The highest BCUT2D eigenvalue weighted by molar-refractivity contribution is 6.30. The quantitative estimate of drug-likeness (QED) is 0.647. The molecule has 0 radical (unpaired) electrons. The molecular formula is C15H17ClO4. The van der Waals surface area contributed by atoms with Gasteiger partial charge in [-0.2, -0.15) is 0 Å². The van der Waals surface area contributed by atoms with Crippen LogP contribution in [0.4, 0.5) is 0 Å². The molecule has 0 amide bonds. The Morgan fingerprint density at radius 3 is 2.40 bits per heavy atom. The van der Waals surface area contributed by atoms with Crippen molar-refractivity contribution in [3.8, 4) is 0 Å². The largest absolute Gasteiger partial charge is 0.480 e. The first-order chi connectivity index (χ1) is 9.50. The van der Waals surface area contributed by atoms with Gasteiger partial charge in [-0.15, -0.1) is 0 Å². The average Bonchev–Trinajstić information content (AvgIpc) is 3.21. The second-order valence-electron chi connectivity index (χ2n) is 5.09. The molecule has 20 heavy (non-hydrogen) atoms. The number of rotatable bonds is 6. The number of carboxylic acid groups (broad SMARTS) is 1. The van der Waals surface area contributed by atoms with Crippen LogP contribution in [0.1, 0.15) is 31.7 Å². The number of ether oxygens (including phenoxy) is 1. The Bertz CT molecular complexity index is 507. The van der Waals surface area contributed by atoms with E-state index in [1.807, 2.05) is 0 Å². The second kappa shape index (κ2) is 5.83. The zero-order chi connectivity index (χ0) is 14.8. The molecule has 0 aromatic heterocycles. The van der Waals surface area contributed by atoms with Crippen molar-refractivity contribution in [2.24, 2.45) is 5.92 Å². The van der Waals surface area contributed by atoms with Crippen molar-refractivity contribution in [2.75, 3.05) is 6.61 Å². The van der Waals surface area contributed by atoms with E-state index in [9.17, 15) is 14.7 Å². The summed E-state index contributed by atoms with van der Waals surface area (Å²) in [6.07, 6.45) is 2.20. The van der Waals surface area contributed by atoms with E-state index in [4.69, 9.17) is 16.3 Å². The molecule has 5 heteroatoms. The van der Waals surface area contributed by atoms with Crippen molar-refractivity contribution in [3.05, 3.63) is 34.9 Å². The van der Waals surface area contributed by atoms with Crippen LogP contribution in [-0.2, 0) is 19.7 Å². The first-order valence-electron chi connectivity index (χ1n) is 6.67. The lowest BCUT2D eigenvalue weighted by atomic mass is 9.76. The molecule has 0 spiro atoms. The summed E-state index contributed by atoms with van der Waals surface area (Å²) in [5, 5.41) is 10.2. The third-order valence-electron chi connectivity index (χ3n) is 3.62. The Hall–Kier alpha value is -1.55. The molecule has 0 saturated heterocycles. The van der Waals surface area contributed by atoms with Gasteiger partial charge in [0.25, 0.3) is 0 Å². The number of hydrogen-bond donors (Lipinski definition) is 1. The molecule has 0 bridgehead atoms. The van der Waals surface area contributed by atoms with Gasteiger partial charge in [0.1, 0.15) is 0 Å². The fourth-order valence-corrected chi connectivity index (χ4v) is 2.49. The molecule has 1 saturated carbocycles. The molecule has 1 N–H and O–H groups in total. The minimum atomic E-state index is -1.62. The van der Waals surface area contributed by atoms with Gasteiger partial charge in [0, 0.05) is 5.02 Å². The van der Waals surface area contributed by atoms with Crippen LogP contribution in [0.2, 0.25) is 5.02 Å². The van der Waals surface area contributed by atoms with Crippen LogP contribution in [0.5, 0.6) is 0 Å². The molecule has 108 valence electrons. The second-order valence-corrected chi connectivity index (χ2v) is 5.52. The van der Waals surface area contributed by atoms with Gasteiger partial charge in [-0.05, 0) is 37.0 Å². The summed E-state index contributed by atoms with van der Waals surface area (Å²) < 4.78 is 5.03. The highest BCUT2D eigenvalue weighted by atomic mass is 35.5. The maximum Gasteiger partial charge on any atom is 0.328 e. The molecule has 4 nitrogen and oxygen atoms in total. The van der Waals surface area contributed by atoms with Crippen LogP contribution in [0, 0.1) is 5.92 Å². The molecule has 1 aromatic rings. The summed E-state index contributed by atoms with van der Waals surface area (Å²) in [4.78, 5) is 24.2. The number of aliphatic carboxylic acids is 1. The summed E-state index contributed by atoms with van der Waals surface area (Å²) in [6, 6.07) is 6.38. The molecule has 2 rings (SSSR count). The van der Waals surface area contributed by atoms with Gasteiger partial charge in [-0.1, -0.05) is 36.6 Å². The minimum Gasteiger partial charge on any atom is -0.480 e. The normalized spacial score (nSPS) is 17.3. The molecule has 1 aliphatic carbocycles. The first kappa shape index (κ1) is 14.9. The monoisotopic (exact) mass is 296 g/mol. The van der Waals surface area contributed by atoms with Crippen LogP contribution >= 0.6 is 11.6 Å². The number of benzene rings is 1. The zero-order valence-corrected chi connectivity index (χ0v) is 12.0. The molecule has 1 unspecified atom stereocenters. The lowest BCUT2D eigenvalue weighted by Gasteiger charge is -2.27. The van der Waals surface area contributed by atoms with E-state index in [1.54, 1.807) is 31.2 Å². The molecule has 1 aliphatic rings. The van der Waals surface area contributed by atoms with Gasteiger partial charge in [0.2, 0.25) is 0 Å². The third-order valence-corrected chi connectivity index (χ3v) is 3.87. The first-order valence-corrected chi connectivity index (χ1v) is 7.05. The van der Waals surface area contributed by atoms with Crippen molar-refractivity contribution in [1.29, 1.82) is 0 Å². The van der Waals surface area contributed by atoms with Gasteiger partial charge >= 0.3 is 11.9 Å². The average molecular weight is 297 g/mol. The number of carbonyl (C=O) groups is 2. The Morgan fingerprint density at radius 2 is 1.95 bits per heavy atom. The molecule has 1 atom stereocenters.